The normalized spacial score (nSPS) is 20.2. The van der Waals surface area contributed by atoms with Crippen LogP contribution in [-0.4, -0.2) is 58.7 Å². The summed E-state index contributed by atoms with van der Waals surface area (Å²) in [5.41, 5.74) is 0.551. The van der Waals surface area contributed by atoms with Gasteiger partial charge in [-0.3, -0.25) is 4.90 Å². The number of halogens is 1. The predicted molar refractivity (Wildman–Crippen MR) is 134 cm³/mol. The molecule has 2 heterocycles. The number of aromatic nitrogens is 3. The number of methoxy groups -OCH3 is 1. The van der Waals surface area contributed by atoms with Crippen molar-refractivity contribution in [1.29, 1.82) is 0 Å². The first-order valence-corrected chi connectivity index (χ1v) is 12.7. The van der Waals surface area contributed by atoms with Crippen LogP contribution in [0.1, 0.15) is 58.8 Å². The van der Waals surface area contributed by atoms with Crippen molar-refractivity contribution in [1.82, 2.24) is 19.9 Å². The summed E-state index contributed by atoms with van der Waals surface area (Å²) in [5.74, 6) is 1.83. The maximum Gasteiger partial charge on any atom is 0.233 e. The number of anilines is 4. The summed E-state index contributed by atoms with van der Waals surface area (Å²) in [7, 11) is 1.45. The number of likely N-dealkylation sites (N-methyl/N-ethyl adjacent to an activating group) is 1. The lowest BCUT2D eigenvalue weighted by Gasteiger charge is -2.29. The molecule has 8 nitrogen and oxygen atoms in total. The second kappa shape index (κ2) is 11.6. The fourth-order valence-corrected chi connectivity index (χ4v) is 5.19. The molecule has 1 aromatic heterocycles. The van der Waals surface area contributed by atoms with Gasteiger partial charge in [-0.1, -0.05) is 26.2 Å². The second-order valence-corrected chi connectivity index (χ2v) is 9.44. The number of nitrogens with one attached hydrogen (secondary N) is 3. The van der Waals surface area contributed by atoms with E-state index in [0.29, 0.717) is 35.5 Å². The second-order valence-electron chi connectivity index (χ2n) is 9.44. The van der Waals surface area contributed by atoms with E-state index in [2.05, 4.69) is 49.6 Å². The monoisotopic (exact) mass is 471 g/mol. The molecule has 0 amide bonds. The van der Waals surface area contributed by atoms with Gasteiger partial charge in [-0.15, -0.1) is 0 Å². The van der Waals surface area contributed by atoms with E-state index >= 15 is 0 Å². The Hall–Kier alpha value is -2.68. The molecule has 1 saturated carbocycles. The number of nitrogens with zero attached hydrogens (tertiary/aromatic N) is 4. The Balaban J connectivity index is 1.52. The maximum atomic E-state index is 14.2. The van der Waals surface area contributed by atoms with E-state index in [1.165, 1.54) is 51.7 Å². The third-order valence-corrected chi connectivity index (χ3v) is 7.07. The Morgan fingerprint density at radius 3 is 2.56 bits per heavy atom. The molecule has 1 unspecified atom stereocenters. The molecule has 4 rings (SSSR count). The van der Waals surface area contributed by atoms with Crippen molar-refractivity contribution in [3.05, 3.63) is 24.0 Å². The van der Waals surface area contributed by atoms with Gasteiger partial charge in [0.15, 0.2) is 11.6 Å². The van der Waals surface area contributed by atoms with E-state index in [-0.39, 0.29) is 11.8 Å². The molecule has 0 bridgehead atoms. The lowest BCUT2D eigenvalue weighted by molar-refractivity contribution is 0.249. The molecule has 0 radical (unpaired) electrons. The van der Waals surface area contributed by atoms with Crippen molar-refractivity contribution in [3.8, 4) is 5.75 Å². The van der Waals surface area contributed by atoms with Crippen LogP contribution < -0.4 is 20.7 Å². The topological polar surface area (TPSA) is 87.2 Å². The van der Waals surface area contributed by atoms with Gasteiger partial charge in [0, 0.05) is 30.4 Å². The minimum absolute atomic E-state index is 0.197. The standard InChI is InChI=1S/C25H38FN7O/c1-4-33-14-8-11-21(33)17(2)28-24-30-23(27-16-18-9-6-5-7-10-18)31-25(32-24)29-19-12-13-22(34-3)20(26)15-19/h12-13,15,17-18,21H,4-11,14,16H2,1-3H3,(H3,27,28,29,30,31,32)/t17-,21?/m0/s1. The molecule has 3 N–H and O–H groups in total. The average Bonchev–Trinajstić information content (AvgIpc) is 3.33. The van der Waals surface area contributed by atoms with Crippen LogP contribution >= 0.6 is 0 Å². The highest BCUT2D eigenvalue weighted by molar-refractivity contribution is 5.57. The van der Waals surface area contributed by atoms with E-state index < -0.39 is 5.82 Å². The van der Waals surface area contributed by atoms with Gasteiger partial charge in [0.25, 0.3) is 0 Å². The van der Waals surface area contributed by atoms with Crippen LogP contribution in [0.15, 0.2) is 18.2 Å². The predicted octanol–water partition coefficient (Wildman–Crippen LogP) is 5.04. The molecule has 1 saturated heterocycles. The van der Waals surface area contributed by atoms with Crippen molar-refractivity contribution in [2.24, 2.45) is 5.92 Å². The van der Waals surface area contributed by atoms with E-state index in [4.69, 9.17) is 4.74 Å². The third kappa shape index (κ3) is 6.25. The van der Waals surface area contributed by atoms with Gasteiger partial charge in [-0.05, 0) is 63.7 Å². The van der Waals surface area contributed by atoms with Crippen LogP contribution in [0.2, 0.25) is 0 Å². The van der Waals surface area contributed by atoms with Gasteiger partial charge >= 0.3 is 0 Å². The molecule has 2 fully saturated rings. The Labute approximate surface area is 202 Å². The Morgan fingerprint density at radius 1 is 1.06 bits per heavy atom. The number of rotatable bonds is 10. The summed E-state index contributed by atoms with van der Waals surface area (Å²) in [4.78, 5) is 16.3. The molecular formula is C25H38FN7O. The zero-order valence-electron chi connectivity index (χ0n) is 20.6. The SMILES string of the molecule is CCN1CCCC1[C@H](C)Nc1nc(NCC2CCCCC2)nc(Nc2ccc(OC)c(F)c2)n1. The number of ether oxygens (including phenoxy) is 1. The van der Waals surface area contributed by atoms with E-state index in [1.54, 1.807) is 12.1 Å². The number of likely N-dealkylation sites (tertiary alicyclic amines) is 1. The summed E-state index contributed by atoms with van der Waals surface area (Å²) in [6.07, 6.45) is 8.77. The minimum Gasteiger partial charge on any atom is -0.494 e. The quantitative estimate of drug-likeness (QED) is 0.444. The Morgan fingerprint density at radius 2 is 1.82 bits per heavy atom. The molecule has 1 aliphatic heterocycles. The summed E-state index contributed by atoms with van der Waals surface area (Å²) in [6.45, 7) is 7.41. The lowest BCUT2D eigenvalue weighted by atomic mass is 9.89. The first kappa shape index (κ1) is 24.4. The molecule has 1 aromatic carbocycles. The highest BCUT2D eigenvalue weighted by atomic mass is 19.1. The molecular weight excluding hydrogens is 433 g/mol. The fraction of sp³-hybridized carbons (Fsp3) is 0.640. The van der Waals surface area contributed by atoms with Crippen LogP contribution in [0.5, 0.6) is 5.75 Å². The van der Waals surface area contributed by atoms with Crippen molar-refractivity contribution in [2.45, 2.75) is 70.9 Å². The highest BCUT2D eigenvalue weighted by Crippen LogP contribution is 2.26. The van der Waals surface area contributed by atoms with Crippen LogP contribution in [-0.2, 0) is 0 Å². The van der Waals surface area contributed by atoms with Gasteiger partial charge < -0.3 is 20.7 Å². The number of hydrogen-bond donors (Lipinski definition) is 3. The fourth-order valence-electron chi connectivity index (χ4n) is 5.19. The molecule has 2 aliphatic rings. The first-order valence-electron chi connectivity index (χ1n) is 12.7. The first-order chi connectivity index (χ1) is 16.6. The van der Waals surface area contributed by atoms with Crippen molar-refractivity contribution >= 4 is 23.5 Å². The third-order valence-electron chi connectivity index (χ3n) is 7.07. The lowest BCUT2D eigenvalue weighted by Crippen LogP contribution is -2.41. The van der Waals surface area contributed by atoms with Crippen LogP contribution in [0.3, 0.4) is 0 Å². The van der Waals surface area contributed by atoms with Crippen LogP contribution in [0.25, 0.3) is 0 Å². The van der Waals surface area contributed by atoms with Crippen molar-refractivity contribution < 1.29 is 9.13 Å². The van der Waals surface area contributed by atoms with Crippen molar-refractivity contribution in [3.63, 3.8) is 0 Å². The highest BCUT2D eigenvalue weighted by Gasteiger charge is 2.28. The van der Waals surface area contributed by atoms with Gasteiger partial charge in [-0.25, -0.2) is 4.39 Å². The minimum atomic E-state index is -0.440. The maximum absolute atomic E-state index is 14.2. The van der Waals surface area contributed by atoms with E-state index in [9.17, 15) is 4.39 Å². The Kier molecular flexibility index (Phi) is 8.37. The average molecular weight is 472 g/mol. The van der Waals surface area contributed by atoms with Gasteiger partial charge in [0.1, 0.15) is 0 Å². The molecule has 9 heteroatoms. The molecule has 2 atom stereocenters. The molecule has 1 aliphatic carbocycles. The Bertz CT molecular complexity index is 937. The van der Waals surface area contributed by atoms with Crippen LogP contribution in [0, 0.1) is 11.7 Å². The smallest absolute Gasteiger partial charge is 0.233 e. The zero-order valence-corrected chi connectivity index (χ0v) is 20.6. The van der Waals surface area contributed by atoms with E-state index in [1.807, 2.05) is 0 Å². The largest absolute Gasteiger partial charge is 0.494 e. The molecule has 0 spiro atoms. The summed E-state index contributed by atoms with van der Waals surface area (Å²) >= 11 is 0. The zero-order chi connectivity index (χ0) is 23.9. The van der Waals surface area contributed by atoms with Gasteiger partial charge in [0.05, 0.1) is 7.11 Å². The number of benzene rings is 1. The summed E-state index contributed by atoms with van der Waals surface area (Å²) in [5, 5.41) is 10.1. The summed E-state index contributed by atoms with van der Waals surface area (Å²) < 4.78 is 19.2. The van der Waals surface area contributed by atoms with Gasteiger partial charge in [-0.2, -0.15) is 15.0 Å². The van der Waals surface area contributed by atoms with Gasteiger partial charge in [0.2, 0.25) is 17.8 Å². The van der Waals surface area contributed by atoms with Crippen LogP contribution in [0.4, 0.5) is 27.9 Å². The summed E-state index contributed by atoms with van der Waals surface area (Å²) in [6, 6.07) is 5.36. The number of hydrogen-bond acceptors (Lipinski definition) is 8. The van der Waals surface area contributed by atoms with E-state index in [0.717, 1.165) is 26.1 Å². The van der Waals surface area contributed by atoms with Crippen molar-refractivity contribution in [2.75, 3.05) is 42.7 Å². The molecule has 2 aromatic rings. The molecule has 186 valence electrons. The molecule has 34 heavy (non-hydrogen) atoms.